The average Bonchev–Trinajstić information content (AvgIpc) is 3.68. The molecule has 2 amide bonds. The molecule has 2 fully saturated rings. The summed E-state index contributed by atoms with van der Waals surface area (Å²) in [7, 11) is 0. The number of halogens is 1. The van der Waals surface area contributed by atoms with Gasteiger partial charge in [0.25, 0.3) is 0 Å². The normalized spacial score (nSPS) is 19.3. The summed E-state index contributed by atoms with van der Waals surface area (Å²) in [5.74, 6) is 1.97. The van der Waals surface area contributed by atoms with Crippen molar-refractivity contribution in [3.8, 4) is 11.5 Å². The van der Waals surface area contributed by atoms with Crippen LogP contribution in [0, 0.1) is 11.3 Å². The van der Waals surface area contributed by atoms with Crippen LogP contribution in [0.15, 0.2) is 33.0 Å². The third-order valence-electron chi connectivity index (χ3n) is 7.78. The van der Waals surface area contributed by atoms with E-state index in [-0.39, 0.29) is 30.1 Å². The van der Waals surface area contributed by atoms with Crippen LogP contribution in [0.2, 0.25) is 0 Å². The highest BCUT2D eigenvalue weighted by Crippen LogP contribution is 2.42. The highest BCUT2D eigenvalue weighted by atomic mass is 79.9. The van der Waals surface area contributed by atoms with E-state index < -0.39 is 0 Å². The quantitative estimate of drug-likeness (QED) is 0.434. The number of carbonyl (C=O) groups excluding carboxylic acids is 2. The second kappa shape index (κ2) is 10.8. The van der Waals surface area contributed by atoms with Crippen LogP contribution in [0.25, 0.3) is 11.2 Å². The molecule has 0 aliphatic carbocycles. The number of nitrogens with zero attached hydrogens (tertiary/aromatic N) is 5. The molecule has 11 nitrogen and oxygen atoms in total. The minimum atomic E-state index is -0.289. The summed E-state index contributed by atoms with van der Waals surface area (Å²) in [4.78, 5) is 41.9. The van der Waals surface area contributed by atoms with Crippen LogP contribution in [0.4, 0.5) is 0 Å². The number of rotatable bonds is 6. The monoisotopic (exact) mass is 615 g/mol. The van der Waals surface area contributed by atoms with Gasteiger partial charge in [-0.15, -0.1) is 0 Å². The molecule has 5 heterocycles. The number of aromatic amines is 1. The Morgan fingerprint density at radius 1 is 1.18 bits per heavy atom. The molecule has 1 aromatic carbocycles. The Bertz CT molecular complexity index is 1480. The molecule has 2 aromatic heterocycles. The first-order valence-corrected chi connectivity index (χ1v) is 14.8. The maximum Gasteiger partial charge on any atom is 0.245 e. The Morgan fingerprint density at radius 2 is 1.95 bits per heavy atom. The molecule has 0 unspecified atom stereocenters. The van der Waals surface area contributed by atoms with Crippen LogP contribution in [0.3, 0.4) is 0 Å². The number of imidazole rings is 1. The predicted octanol–water partition coefficient (Wildman–Crippen LogP) is 3.52. The third kappa shape index (κ3) is 5.25. The number of nitrogens with one attached hydrogen (secondary N) is 2. The predicted molar refractivity (Wildman–Crippen MR) is 146 cm³/mol. The maximum atomic E-state index is 13.1. The molecule has 2 saturated heterocycles. The van der Waals surface area contributed by atoms with Gasteiger partial charge in [-0.05, 0) is 66.1 Å². The van der Waals surface area contributed by atoms with Crippen LogP contribution in [0.1, 0.15) is 39.0 Å². The van der Waals surface area contributed by atoms with E-state index >= 15 is 0 Å². The molecule has 0 saturated carbocycles. The van der Waals surface area contributed by atoms with Crippen LogP contribution in [0.5, 0.6) is 11.5 Å². The van der Waals surface area contributed by atoms with Crippen molar-refractivity contribution in [2.24, 2.45) is 5.92 Å². The fraction of sp³-hybridized carbons (Fsp3) is 0.500. The molecule has 1 atom stereocenters. The smallest absolute Gasteiger partial charge is 0.245 e. The minimum Gasteiger partial charge on any atom is -0.454 e. The zero-order valence-corrected chi connectivity index (χ0v) is 24.0. The van der Waals surface area contributed by atoms with Crippen molar-refractivity contribution >= 4 is 50.7 Å². The summed E-state index contributed by atoms with van der Waals surface area (Å²) in [6.45, 7) is 4.62. The summed E-state index contributed by atoms with van der Waals surface area (Å²) in [6.07, 6.45) is 6.15. The van der Waals surface area contributed by atoms with E-state index in [1.54, 1.807) is 18.2 Å². The van der Waals surface area contributed by atoms with Gasteiger partial charge in [-0.25, -0.2) is 9.97 Å². The molecular formula is C26H30BrN7O4S. The van der Waals surface area contributed by atoms with E-state index in [2.05, 4.69) is 25.9 Å². The summed E-state index contributed by atoms with van der Waals surface area (Å²) >= 11 is 5.05. The lowest BCUT2D eigenvalue weighted by atomic mass is 9.93. The van der Waals surface area contributed by atoms with E-state index in [0.717, 1.165) is 61.1 Å². The molecule has 3 aliphatic rings. The lowest BCUT2D eigenvalue weighted by Crippen LogP contribution is -2.49. The molecule has 0 spiro atoms. The Hall–Kier alpha value is -3.06. The van der Waals surface area contributed by atoms with Crippen molar-refractivity contribution in [1.82, 2.24) is 29.3 Å². The van der Waals surface area contributed by atoms with E-state index in [9.17, 15) is 9.59 Å². The van der Waals surface area contributed by atoms with Gasteiger partial charge in [0.1, 0.15) is 11.6 Å². The van der Waals surface area contributed by atoms with Crippen LogP contribution in [-0.2, 0) is 16.1 Å². The molecular weight excluding hydrogens is 586 g/mol. The van der Waals surface area contributed by atoms with E-state index in [1.807, 2.05) is 21.6 Å². The first-order valence-electron chi connectivity index (χ1n) is 13.2. The molecule has 2 N–H and O–H groups in total. The van der Waals surface area contributed by atoms with Crippen molar-refractivity contribution in [3.63, 3.8) is 0 Å². The number of benzene rings is 1. The Labute approximate surface area is 237 Å². The molecule has 6 rings (SSSR count). The summed E-state index contributed by atoms with van der Waals surface area (Å²) in [5, 5.41) is 8.95. The van der Waals surface area contributed by atoms with Crippen LogP contribution < -0.4 is 15.0 Å². The van der Waals surface area contributed by atoms with Crippen molar-refractivity contribution in [1.29, 1.82) is 5.41 Å². The standard InChI is InChI=1S/C26H30BrN7O4S/c1-15(35)34-7-2-3-18(34)25(36)32-8-4-16(5-9-32)6-10-33-13-29-23(28)22-24(33)31-26(30-22)39-21-12-20-19(11-17(21)27)37-14-38-20/h11-13,16,18,28H,2-10,14H2,1H3,(H,30,31)/t18-/m1/s1. The molecule has 3 aromatic rings. The number of hydrogen-bond acceptors (Lipinski definition) is 8. The number of ether oxygens (including phenoxy) is 2. The lowest BCUT2D eigenvalue weighted by molar-refractivity contribution is -0.143. The van der Waals surface area contributed by atoms with E-state index in [4.69, 9.17) is 19.9 Å². The van der Waals surface area contributed by atoms with Gasteiger partial charge in [0.05, 0.1) is 6.33 Å². The SMILES string of the molecule is CC(=O)N1CCC[C@@H]1C(=O)N1CCC(CCn2cnc(=N)c3[nH]c(Sc4cc5c(cc4Br)OCO5)nc32)CC1. The number of hydrogen-bond donors (Lipinski definition) is 2. The molecule has 0 bridgehead atoms. The Morgan fingerprint density at radius 3 is 2.72 bits per heavy atom. The van der Waals surface area contributed by atoms with Gasteiger partial charge in [-0.1, -0.05) is 11.8 Å². The molecule has 206 valence electrons. The second-order valence-corrected chi connectivity index (χ2v) is 12.1. The minimum absolute atomic E-state index is 0.0140. The molecule has 0 radical (unpaired) electrons. The van der Waals surface area contributed by atoms with Crippen molar-refractivity contribution in [2.75, 3.05) is 26.4 Å². The van der Waals surface area contributed by atoms with Crippen LogP contribution in [-0.4, -0.2) is 73.6 Å². The molecule has 13 heteroatoms. The lowest BCUT2D eigenvalue weighted by Gasteiger charge is -2.35. The molecule has 3 aliphatic heterocycles. The Balaban J connectivity index is 1.10. The number of piperidine rings is 1. The zero-order valence-electron chi connectivity index (χ0n) is 21.6. The average molecular weight is 617 g/mol. The fourth-order valence-electron chi connectivity index (χ4n) is 5.63. The number of carbonyl (C=O) groups is 2. The number of likely N-dealkylation sites (tertiary alicyclic amines) is 2. The number of fused-ring (bicyclic) bond motifs is 2. The Kier molecular flexibility index (Phi) is 7.27. The van der Waals surface area contributed by atoms with Gasteiger partial charge in [0, 0.05) is 42.5 Å². The highest BCUT2D eigenvalue weighted by Gasteiger charge is 2.36. The summed E-state index contributed by atoms with van der Waals surface area (Å²) < 4.78 is 13.8. The van der Waals surface area contributed by atoms with Gasteiger partial charge in [-0.2, -0.15) is 0 Å². The zero-order chi connectivity index (χ0) is 27.1. The largest absolute Gasteiger partial charge is 0.454 e. The van der Waals surface area contributed by atoms with Crippen LogP contribution >= 0.6 is 27.7 Å². The number of amides is 2. The van der Waals surface area contributed by atoms with Gasteiger partial charge in [-0.3, -0.25) is 15.0 Å². The van der Waals surface area contributed by atoms with Gasteiger partial charge in [0.15, 0.2) is 27.8 Å². The van der Waals surface area contributed by atoms with Crippen molar-refractivity contribution in [2.45, 2.75) is 61.7 Å². The fourth-order valence-corrected chi connectivity index (χ4v) is 7.01. The number of H-pyrrole nitrogens is 1. The van der Waals surface area contributed by atoms with Crippen molar-refractivity contribution < 1.29 is 19.1 Å². The first-order chi connectivity index (χ1) is 18.9. The van der Waals surface area contributed by atoms with E-state index in [0.29, 0.717) is 40.3 Å². The van der Waals surface area contributed by atoms with Gasteiger partial charge >= 0.3 is 0 Å². The topological polar surface area (TPSA) is 129 Å². The number of aromatic nitrogens is 4. The van der Waals surface area contributed by atoms with E-state index in [1.165, 1.54) is 11.8 Å². The maximum absolute atomic E-state index is 13.1. The molecule has 39 heavy (non-hydrogen) atoms. The summed E-state index contributed by atoms with van der Waals surface area (Å²) in [6, 6.07) is 3.51. The summed E-state index contributed by atoms with van der Waals surface area (Å²) in [5.41, 5.74) is 1.46. The third-order valence-corrected chi connectivity index (χ3v) is 9.64. The van der Waals surface area contributed by atoms with Gasteiger partial charge < -0.3 is 28.8 Å². The first kappa shape index (κ1) is 26.2. The van der Waals surface area contributed by atoms with Gasteiger partial charge in [0.2, 0.25) is 18.6 Å². The number of aryl methyl sites for hydroxylation is 1. The second-order valence-electron chi connectivity index (χ2n) is 10.2. The van der Waals surface area contributed by atoms with Crippen molar-refractivity contribution in [3.05, 3.63) is 28.4 Å². The highest BCUT2D eigenvalue weighted by molar-refractivity contribution is 9.10.